The molecule has 4 nitrogen and oxygen atoms in total. The Balaban J connectivity index is 0.000000337. The van der Waals surface area contributed by atoms with Crippen molar-refractivity contribution in [3.05, 3.63) is 150 Å². The quantitative estimate of drug-likeness (QED) is 0.133. The fourth-order valence-corrected chi connectivity index (χ4v) is 5.80. The Labute approximate surface area is 276 Å². The molecule has 5 aromatic carbocycles. The number of benzene rings is 5. The van der Waals surface area contributed by atoms with E-state index in [0.29, 0.717) is 0 Å². The number of nitrogens with zero attached hydrogens (tertiary/aromatic N) is 1. The van der Waals surface area contributed by atoms with E-state index in [4.69, 9.17) is 11.1 Å². The van der Waals surface area contributed by atoms with Gasteiger partial charge in [0.05, 0.1) is 11.4 Å². The van der Waals surface area contributed by atoms with Crippen molar-refractivity contribution >= 4 is 23.8 Å². The lowest BCUT2D eigenvalue weighted by molar-refractivity contribution is 0.659. The number of rotatable bonds is 6. The number of hydrogen-bond acceptors (Lipinski definition) is 4. The smallest absolute Gasteiger partial charge is 0.0718 e. The van der Waals surface area contributed by atoms with Crippen molar-refractivity contribution in [1.82, 2.24) is 0 Å². The summed E-state index contributed by atoms with van der Waals surface area (Å²) in [6, 6.07) is 40.6. The second-order valence-electron chi connectivity index (χ2n) is 12.1. The predicted molar refractivity (Wildman–Crippen MR) is 201 cm³/mol. The topological polar surface area (TPSA) is 65.1 Å². The highest BCUT2D eigenvalue weighted by atomic mass is 15.1. The van der Waals surface area contributed by atoms with Crippen LogP contribution in [0.2, 0.25) is 0 Å². The molecule has 0 aliphatic heterocycles. The third kappa shape index (κ3) is 7.94. The number of nitrogens with one attached hydrogen (secondary N) is 2. The van der Waals surface area contributed by atoms with E-state index < -0.39 is 0 Å². The minimum absolute atomic E-state index is 0.0571. The van der Waals surface area contributed by atoms with Gasteiger partial charge in [-0.3, -0.25) is 0 Å². The van der Waals surface area contributed by atoms with Gasteiger partial charge in [-0.2, -0.15) is 0 Å². The molecule has 0 radical (unpaired) electrons. The molecule has 5 aromatic rings. The van der Waals surface area contributed by atoms with Crippen LogP contribution in [0.25, 0.3) is 22.3 Å². The Morgan fingerprint density at radius 3 is 1.87 bits per heavy atom. The number of nitrogen functional groups attached to an aromatic ring is 1. The molecule has 2 aliphatic rings. The van der Waals surface area contributed by atoms with E-state index >= 15 is 0 Å². The van der Waals surface area contributed by atoms with Crippen molar-refractivity contribution in [1.29, 1.82) is 5.41 Å². The molecule has 4 N–H and O–H groups in total. The Bertz CT molecular complexity index is 1720. The van der Waals surface area contributed by atoms with E-state index in [2.05, 4.69) is 122 Å². The van der Waals surface area contributed by atoms with Gasteiger partial charge in [-0.15, -0.1) is 0 Å². The molecule has 0 unspecified atom stereocenters. The first-order chi connectivity index (χ1) is 22.3. The van der Waals surface area contributed by atoms with E-state index in [9.17, 15) is 0 Å². The minimum Gasteiger partial charge on any atom is -0.399 e. The van der Waals surface area contributed by atoms with Gasteiger partial charge in [-0.25, -0.2) is 0 Å². The number of hydrogen-bond donors (Lipinski definition) is 3. The lowest BCUT2D eigenvalue weighted by Crippen LogP contribution is -2.15. The Morgan fingerprint density at radius 1 is 0.739 bits per heavy atom. The number of anilines is 3. The minimum atomic E-state index is -0.0571. The summed E-state index contributed by atoms with van der Waals surface area (Å²) in [5, 5.41) is 8.84. The van der Waals surface area contributed by atoms with Crippen LogP contribution >= 0.6 is 0 Å². The summed E-state index contributed by atoms with van der Waals surface area (Å²) in [5.41, 5.74) is 19.0. The molecule has 46 heavy (non-hydrogen) atoms. The van der Waals surface area contributed by atoms with Crippen molar-refractivity contribution in [2.24, 2.45) is 0 Å². The number of fused-ring (bicyclic) bond motifs is 3. The molecule has 0 heterocycles. The van der Waals surface area contributed by atoms with Crippen LogP contribution in [-0.4, -0.2) is 20.8 Å². The molecule has 0 atom stereocenters. The molecule has 0 amide bonds. The Morgan fingerprint density at radius 2 is 1.33 bits per heavy atom. The fourth-order valence-electron chi connectivity index (χ4n) is 5.80. The molecule has 0 spiro atoms. The zero-order valence-electron chi connectivity index (χ0n) is 27.8. The van der Waals surface area contributed by atoms with Gasteiger partial charge < -0.3 is 21.4 Å². The highest BCUT2D eigenvalue weighted by Crippen LogP contribution is 2.50. The molecule has 2 aliphatic carbocycles. The van der Waals surface area contributed by atoms with Crippen LogP contribution in [0.1, 0.15) is 55.4 Å². The molecule has 1 fully saturated rings. The molecule has 0 aromatic heterocycles. The largest absolute Gasteiger partial charge is 0.399 e. The maximum Gasteiger partial charge on any atom is 0.0718 e. The van der Waals surface area contributed by atoms with Gasteiger partial charge >= 0.3 is 0 Å². The third-order valence-electron chi connectivity index (χ3n) is 8.39. The summed E-state index contributed by atoms with van der Waals surface area (Å²) in [7, 11) is 4.02. The van der Waals surface area contributed by atoms with Gasteiger partial charge in [-0.05, 0) is 82.5 Å². The van der Waals surface area contributed by atoms with Gasteiger partial charge in [-0.1, -0.05) is 131 Å². The first-order valence-electron chi connectivity index (χ1n) is 16.0. The van der Waals surface area contributed by atoms with Crippen molar-refractivity contribution in [2.75, 3.05) is 30.0 Å². The number of para-hydroxylation sites is 2. The van der Waals surface area contributed by atoms with Gasteiger partial charge in [0.15, 0.2) is 0 Å². The van der Waals surface area contributed by atoms with Crippen LogP contribution < -0.4 is 16.0 Å². The van der Waals surface area contributed by atoms with Crippen LogP contribution in [0.5, 0.6) is 0 Å². The van der Waals surface area contributed by atoms with Gasteiger partial charge in [0, 0.05) is 30.8 Å². The average molecular weight is 609 g/mol. The molecule has 4 heteroatoms. The van der Waals surface area contributed by atoms with E-state index in [-0.39, 0.29) is 5.41 Å². The van der Waals surface area contributed by atoms with Crippen molar-refractivity contribution in [3.63, 3.8) is 0 Å². The predicted octanol–water partition coefficient (Wildman–Crippen LogP) is 10.6. The third-order valence-corrected chi connectivity index (χ3v) is 8.39. The SMILES string of the molecule is C1CC1.C=CN(C)c1c(NC)cccc1-c1ccc2c(c1)C(C)(C)c1cc(Cc3ccccc3)ccc1-2.C=N.Nc1ccccc1. The van der Waals surface area contributed by atoms with Crippen molar-refractivity contribution < 1.29 is 0 Å². The van der Waals surface area contributed by atoms with E-state index in [0.717, 1.165) is 23.5 Å². The molecule has 236 valence electrons. The fraction of sp³-hybridized carbons (Fsp3) is 0.214. The van der Waals surface area contributed by atoms with Gasteiger partial charge in [0.1, 0.15) is 0 Å². The van der Waals surface area contributed by atoms with Crippen molar-refractivity contribution in [3.8, 4) is 22.3 Å². The summed E-state index contributed by atoms with van der Waals surface area (Å²) in [5.74, 6) is 0. The Kier molecular flexibility index (Phi) is 11.6. The van der Waals surface area contributed by atoms with Crippen LogP contribution in [0.15, 0.2) is 128 Å². The second-order valence-corrected chi connectivity index (χ2v) is 12.1. The monoisotopic (exact) mass is 608 g/mol. The van der Waals surface area contributed by atoms with Crippen LogP contribution in [0, 0.1) is 5.41 Å². The van der Waals surface area contributed by atoms with Crippen molar-refractivity contribution in [2.45, 2.75) is 44.9 Å². The van der Waals surface area contributed by atoms with Crippen LogP contribution in [0.3, 0.4) is 0 Å². The first-order valence-corrected chi connectivity index (χ1v) is 16.0. The summed E-state index contributed by atoms with van der Waals surface area (Å²) in [4.78, 5) is 2.09. The highest BCUT2D eigenvalue weighted by molar-refractivity contribution is 5.91. The van der Waals surface area contributed by atoms with Crippen LogP contribution in [0.4, 0.5) is 17.1 Å². The standard InChI is InChI=1S/C32H32N2.C6H7N.C3H6.CH3N/c1-6-34(5)31-25(13-10-14-30(31)33-4)24-16-18-27-26-17-15-23(19-22-11-8-7-9-12-22)20-28(26)32(2,3)29(27)21-24;7-6-4-2-1-3-5-6;1-2-3-1;1-2/h6-18,20-21,33H,1,19H2,2-5H3;1-5H,7H2;1-3H2;2H,1H2. The molecule has 0 bridgehead atoms. The maximum absolute atomic E-state index is 5.50. The second kappa shape index (κ2) is 15.8. The summed E-state index contributed by atoms with van der Waals surface area (Å²) >= 11 is 0. The number of nitrogens with two attached hydrogens (primary N) is 1. The summed E-state index contributed by atoms with van der Waals surface area (Å²) in [6.45, 7) is 11.2. The van der Waals surface area contributed by atoms with Gasteiger partial charge in [0.25, 0.3) is 0 Å². The van der Waals surface area contributed by atoms with E-state index in [1.54, 1.807) is 0 Å². The van der Waals surface area contributed by atoms with Crippen LogP contribution in [-0.2, 0) is 11.8 Å². The zero-order valence-corrected chi connectivity index (χ0v) is 27.8. The Hall–Kier alpha value is -5.09. The molecule has 1 saturated carbocycles. The highest BCUT2D eigenvalue weighted by Gasteiger charge is 2.36. The zero-order chi connectivity index (χ0) is 33.1. The maximum atomic E-state index is 5.50. The lowest BCUT2D eigenvalue weighted by Gasteiger charge is -2.25. The van der Waals surface area contributed by atoms with Gasteiger partial charge in [0.2, 0.25) is 0 Å². The first kappa shape index (κ1) is 33.8. The summed E-state index contributed by atoms with van der Waals surface area (Å²) in [6.07, 6.45) is 7.32. The normalized spacial score (nSPS) is 12.7. The molecular weight excluding hydrogens is 560 g/mol. The summed E-state index contributed by atoms with van der Waals surface area (Å²) < 4.78 is 0. The molecule has 7 rings (SSSR count). The average Bonchev–Trinajstić information content (AvgIpc) is 3.97. The molecular formula is C42H48N4. The molecule has 0 saturated heterocycles. The van der Waals surface area contributed by atoms with E-state index in [1.807, 2.05) is 50.6 Å². The lowest BCUT2D eigenvalue weighted by atomic mass is 9.81. The van der Waals surface area contributed by atoms with E-state index in [1.165, 1.54) is 63.8 Å².